The normalized spacial score (nSPS) is 10.6. The van der Waals surface area contributed by atoms with Gasteiger partial charge in [0.2, 0.25) is 0 Å². The van der Waals surface area contributed by atoms with Gasteiger partial charge in [-0.1, -0.05) is 35.9 Å². The van der Waals surface area contributed by atoms with Gasteiger partial charge in [-0.05, 0) is 49.4 Å². The molecular weight excluding hydrogens is 426 g/mol. The van der Waals surface area contributed by atoms with Crippen LogP contribution >= 0.6 is 11.6 Å². The van der Waals surface area contributed by atoms with Crippen LogP contribution in [0.5, 0.6) is 0 Å². The molecule has 0 radical (unpaired) electrons. The minimum absolute atomic E-state index is 0.234. The van der Waals surface area contributed by atoms with Gasteiger partial charge in [0.1, 0.15) is 0 Å². The first-order valence-electron chi connectivity index (χ1n) is 9.92. The van der Waals surface area contributed by atoms with E-state index in [1.807, 2.05) is 55.5 Å². The summed E-state index contributed by atoms with van der Waals surface area (Å²) in [5.74, 6) is -0.633. The maximum absolute atomic E-state index is 12.8. The summed E-state index contributed by atoms with van der Waals surface area (Å²) in [7, 11) is 0. The lowest BCUT2D eigenvalue weighted by Crippen LogP contribution is -2.23. The molecule has 0 spiro atoms. The number of hydrogen-bond donors (Lipinski definition) is 2. The molecule has 2 aromatic heterocycles. The maximum Gasteiger partial charge on any atom is 0.259 e. The molecule has 160 valence electrons. The Morgan fingerprint density at radius 1 is 0.969 bits per heavy atom. The summed E-state index contributed by atoms with van der Waals surface area (Å²) in [6.45, 7) is 2.12. The average Bonchev–Trinajstić information content (AvgIpc) is 3.20. The average molecular weight is 446 g/mol. The summed E-state index contributed by atoms with van der Waals surface area (Å²) in [6.07, 6.45) is 3.19. The molecule has 0 aliphatic carbocycles. The van der Waals surface area contributed by atoms with Crippen LogP contribution in [0, 0.1) is 6.92 Å². The molecule has 8 heteroatoms. The Kier molecular flexibility index (Phi) is 6.28. The lowest BCUT2D eigenvalue weighted by Gasteiger charge is -2.10. The Balaban J connectivity index is 1.44. The Hall–Kier alpha value is -3.97. The summed E-state index contributed by atoms with van der Waals surface area (Å²) < 4.78 is 1.71. The van der Waals surface area contributed by atoms with Crippen molar-refractivity contribution in [1.82, 2.24) is 20.1 Å². The number of carbonyl (C=O) groups excluding carboxylic acids is 2. The quantitative estimate of drug-likeness (QED) is 0.460. The third kappa shape index (κ3) is 4.68. The van der Waals surface area contributed by atoms with Crippen molar-refractivity contribution in [2.75, 3.05) is 5.32 Å². The first-order valence-corrected chi connectivity index (χ1v) is 10.3. The monoisotopic (exact) mass is 445 g/mol. The molecule has 0 atom stereocenters. The predicted octanol–water partition coefficient (Wildman–Crippen LogP) is 4.41. The molecular formula is C24H20ClN5O2. The van der Waals surface area contributed by atoms with Gasteiger partial charge in [-0.2, -0.15) is 5.10 Å². The first-order chi connectivity index (χ1) is 15.5. The van der Waals surface area contributed by atoms with Crippen LogP contribution in [0.1, 0.15) is 32.1 Å². The Morgan fingerprint density at radius 2 is 1.75 bits per heavy atom. The molecule has 0 saturated heterocycles. The number of para-hydroxylation sites is 1. The van der Waals surface area contributed by atoms with Crippen molar-refractivity contribution in [2.24, 2.45) is 0 Å². The molecule has 0 aliphatic heterocycles. The van der Waals surface area contributed by atoms with Gasteiger partial charge in [0.25, 0.3) is 11.8 Å². The van der Waals surface area contributed by atoms with E-state index in [4.69, 9.17) is 11.6 Å². The maximum atomic E-state index is 12.8. The van der Waals surface area contributed by atoms with E-state index in [2.05, 4.69) is 20.7 Å². The lowest BCUT2D eigenvalue weighted by molar-refractivity contribution is 0.0950. The van der Waals surface area contributed by atoms with Crippen LogP contribution in [-0.2, 0) is 6.54 Å². The van der Waals surface area contributed by atoms with Crippen molar-refractivity contribution in [1.29, 1.82) is 0 Å². The van der Waals surface area contributed by atoms with E-state index >= 15 is 0 Å². The summed E-state index contributed by atoms with van der Waals surface area (Å²) >= 11 is 6.31. The number of pyridine rings is 1. The van der Waals surface area contributed by atoms with Crippen LogP contribution in [0.2, 0.25) is 5.02 Å². The second-order valence-corrected chi connectivity index (χ2v) is 7.45. The number of benzene rings is 2. The van der Waals surface area contributed by atoms with Gasteiger partial charge < -0.3 is 10.6 Å². The van der Waals surface area contributed by atoms with Crippen molar-refractivity contribution in [2.45, 2.75) is 13.5 Å². The number of halogens is 1. The number of rotatable bonds is 6. The molecule has 7 nitrogen and oxygen atoms in total. The molecule has 32 heavy (non-hydrogen) atoms. The van der Waals surface area contributed by atoms with Gasteiger partial charge in [0.05, 0.1) is 46.0 Å². The highest BCUT2D eigenvalue weighted by molar-refractivity contribution is 6.34. The fraction of sp³-hybridized carbons (Fsp3) is 0.0833. The van der Waals surface area contributed by atoms with Crippen LogP contribution in [0.4, 0.5) is 5.69 Å². The molecule has 0 unspecified atom stereocenters. The number of aromatic nitrogens is 3. The van der Waals surface area contributed by atoms with Crippen molar-refractivity contribution < 1.29 is 9.59 Å². The molecule has 2 N–H and O–H groups in total. The third-order valence-electron chi connectivity index (χ3n) is 4.88. The SMILES string of the molecule is Cc1c(C(=O)Nc2ccc(C(=O)NCc3ccccn3)c(Cl)c2)cnn1-c1ccccc1. The second-order valence-electron chi connectivity index (χ2n) is 7.04. The minimum Gasteiger partial charge on any atom is -0.346 e. The predicted molar refractivity (Wildman–Crippen MR) is 123 cm³/mol. The molecule has 4 aromatic rings. The van der Waals surface area contributed by atoms with E-state index in [0.29, 0.717) is 29.1 Å². The lowest BCUT2D eigenvalue weighted by atomic mass is 10.1. The summed E-state index contributed by atoms with van der Waals surface area (Å²) in [4.78, 5) is 29.4. The van der Waals surface area contributed by atoms with Crippen LogP contribution < -0.4 is 10.6 Å². The summed E-state index contributed by atoms with van der Waals surface area (Å²) in [5.41, 5.74) is 3.56. The largest absolute Gasteiger partial charge is 0.346 e. The highest BCUT2D eigenvalue weighted by Gasteiger charge is 2.17. The molecule has 2 amide bonds. The van der Waals surface area contributed by atoms with Crippen LogP contribution in [-0.4, -0.2) is 26.6 Å². The van der Waals surface area contributed by atoms with Crippen LogP contribution in [0.25, 0.3) is 5.69 Å². The van der Waals surface area contributed by atoms with E-state index in [1.54, 1.807) is 29.1 Å². The fourth-order valence-corrected chi connectivity index (χ4v) is 3.47. The van der Waals surface area contributed by atoms with E-state index in [-0.39, 0.29) is 16.8 Å². The molecule has 2 aromatic carbocycles. The van der Waals surface area contributed by atoms with E-state index in [1.165, 1.54) is 6.20 Å². The zero-order valence-electron chi connectivity index (χ0n) is 17.2. The highest BCUT2D eigenvalue weighted by Crippen LogP contribution is 2.22. The molecule has 0 bridgehead atoms. The van der Waals surface area contributed by atoms with Gasteiger partial charge in [-0.15, -0.1) is 0 Å². The minimum atomic E-state index is -0.321. The number of nitrogens with one attached hydrogen (secondary N) is 2. The summed E-state index contributed by atoms with van der Waals surface area (Å²) in [5, 5.41) is 10.1. The zero-order valence-corrected chi connectivity index (χ0v) is 18.0. The van der Waals surface area contributed by atoms with Crippen molar-refractivity contribution in [3.8, 4) is 5.69 Å². The Morgan fingerprint density at radius 3 is 2.47 bits per heavy atom. The second kappa shape index (κ2) is 9.45. The van der Waals surface area contributed by atoms with Crippen molar-refractivity contribution in [3.63, 3.8) is 0 Å². The molecule has 0 saturated carbocycles. The standard InChI is InChI=1S/C24H20ClN5O2/c1-16-21(15-28-30(16)19-8-3-2-4-9-19)24(32)29-17-10-11-20(22(25)13-17)23(31)27-14-18-7-5-6-12-26-18/h2-13,15H,14H2,1H3,(H,27,31)(H,29,32). The topological polar surface area (TPSA) is 88.9 Å². The smallest absolute Gasteiger partial charge is 0.259 e. The van der Waals surface area contributed by atoms with Gasteiger partial charge >= 0.3 is 0 Å². The molecule has 4 rings (SSSR count). The van der Waals surface area contributed by atoms with Crippen LogP contribution in [0.3, 0.4) is 0 Å². The summed E-state index contributed by atoms with van der Waals surface area (Å²) in [6, 6.07) is 19.8. The van der Waals surface area contributed by atoms with Crippen molar-refractivity contribution >= 4 is 29.1 Å². The van der Waals surface area contributed by atoms with E-state index in [0.717, 1.165) is 11.4 Å². The van der Waals surface area contributed by atoms with Crippen LogP contribution in [0.15, 0.2) is 79.1 Å². The Bertz CT molecular complexity index is 1260. The number of hydrogen-bond acceptors (Lipinski definition) is 4. The van der Waals surface area contributed by atoms with Gasteiger partial charge in [-0.3, -0.25) is 14.6 Å². The van der Waals surface area contributed by atoms with E-state index < -0.39 is 0 Å². The van der Waals surface area contributed by atoms with Gasteiger partial charge in [0.15, 0.2) is 0 Å². The Labute approximate surface area is 190 Å². The van der Waals surface area contributed by atoms with Gasteiger partial charge in [-0.25, -0.2) is 4.68 Å². The zero-order chi connectivity index (χ0) is 22.5. The number of anilines is 1. The van der Waals surface area contributed by atoms with Crippen molar-refractivity contribution in [3.05, 3.63) is 107 Å². The number of amides is 2. The molecule has 0 aliphatic rings. The molecule has 0 fully saturated rings. The van der Waals surface area contributed by atoms with E-state index in [9.17, 15) is 9.59 Å². The first kappa shape index (κ1) is 21.3. The number of nitrogens with zero attached hydrogens (tertiary/aromatic N) is 3. The third-order valence-corrected chi connectivity index (χ3v) is 5.20. The number of carbonyl (C=O) groups is 2. The molecule has 2 heterocycles. The van der Waals surface area contributed by atoms with Gasteiger partial charge in [0, 0.05) is 11.9 Å². The fourth-order valence-electron chi connectivity index (χ4n) is 3.21. The highest BCUT2D eigenvalue weighted by atomic mass is 35.5.